The van der Waals surface area contributed by atoms with Crippen LogP contribution in [0, 0.1) is 46.3 Å². The Balaban J connectivity index is 1.50. The number of ether oxygens (including phenoxy) is 3. The summed E-state index contributed by atoms with van der Waals surface area (Å²) in [7, 11) is 0. The Kier molecular flexibility index (Phi) is 21.9. The summed E-state index contributed by atoms with van der Waals surface area (Å²) in [6.07, 6.45) is 25.6. The smallest absolute Gasteiger partial charge is 0.222 e. The zero-order valence-electron chi connectivity index (χ0n) is 36.9. The van der Waals surface area contributed by atoms with Crippen LogP contribution in [0.3, 0.4) is 0 Å². The highest BCUT2D eigenvalue weighted by Gasteiger charge is 2.66. The van der Waals surface area contributed by atoms with Crippen LogP contribution >= 0.6 is 12.6 Å². The van der Waals surface area contributed by atoms with Gasteiger partial charge in [-0.05, 0) is 163 Å². The van der Waals surface area contributed by atoms with Gasteiger partial charge in [0.05, 0.1) is 18.3 Å². The summed E-state index contributed by atoms with van der Waals surface area (Å²) in [5, 5.41) is 0. The minimum atomic E-state index is 0.0946. The first-order valence-electron chi connectivity index (χ1n) is 24.0. The number of carbonyl (C=O) groups excluding carboxylic acids is 1. The molecule has 0 spiro atoms. The van der Waals surface area contributed by atoms with Crippen molar-refractivity contribution < 1.29 is 19.0 Å². The highest BCUT2D eigenvalue weighted by atomic mass is 32.1. The van der Waals surface area contributed by atoms with Gasteiger partial charge in [-0.2, -0.15) is 12.6 Å². The Bertz CT molecular complexity index is 1090. The van der Waals surface area contributed by atoms with Gasteiger partial charge < -0.3 is 36.3 Å². The Labute approximate surface area is 350 Å². The number of rotatable bonds is 29. The van der Waals surface area contributed by atoms with E-state index in [1.54, 1.807) is 0 Å². The van der Waals surface area contributed by atoms with Crippen LogP contribution in [0.2, 0.25) is 0 Å². The largest absolute Gasteiger partial charge is 0.378 e. The van der Waals surface area contributed by atoms with Crippen LogP contribution in [0.25, 0.3) is 0 Å². The summed E-state index contributed by atoms with van der Waals surface area (Å²) in [6.45, 7) is 16.2. The van der Waals surface area contributed by atoms with E-state index in [9.17, 15) is 4.79 Å². The Morgan fingerprint density at radius 1 is 0.750 bits per heavy atom. The predicted octanol–water partition coefficient (Wildman–Crippen LogP) is 9.16. The molecule has 4 aliphatic rings. The summed E-state index contributed by atoms with van der Waals surface area (Å²) in [6, 6.07) is 0. The molecule has 56 heavy (non-hydrogen) atoms. The first kappa shape index (κ1) is 48.2. The van der Waals surface area contributed by atoms with E-state index in [4.69, 9.17) is 31.4 Å². The fourth-order valence-corrected chi connectivity index (χ4v) is 12.8. The third-order valence-electron chi connectivity index (χ3n) is 15.8. The van der Waals surface area contributed by atoms with Crippen LogP contribution < -0.4 is 17.2 Å². The van der Waals surface area contributed by atoms with E-state index < -0.39 is 0 Å². The fraction of sp³-hybridized carbons (Fsp3) is 0.979. The lowest BCUT2D eigenvalue weighted by Gasteiger charge is -2.65. The Morgan fingerprint density at radius 3 is 2.12 bits per heavy atom. The van der Waals surface area contributed by atoms with Crippen molar-refractivity contribution in [2.75, 3.05) is 58.3 Å². The lowest BCUT2D eigenvalue weighted by atomic mass is 9.43. The second kappa shape index (κ2) is 25.4. The molecule has 11 atom stereocenters. The van der Waals surface area contributed by atoms with Crippen molar-refractivity contribution in [1.82, 2.24) is 4.90 Å². The molecule has 9 heteroatoms. The molecule has 0 heterocycles. The second-order valence-electron chi connectivity index (χ2n) is 19.3. The molecule has 4 saturated carbocycles. The molecule has 0 aromatic rings. The van der Waals surface area contributed by atoms with Crippen molar-refractivity contribution in [2.24, 2.45) is 63.5 Å². The van der Waals surface area contributed by atoms with Crippen LogP contribution in [0.15, 0.2) is 0 Å². The maximum atomic E-state index is 13.5. The Hall–Kier alpha value is -0.420. The van der Waals surface area contributed by atoms with E-state index in [2.05, 4.69) is 45.2 Å². The van der Waals surface area contributed by atoms with Crippen LogP contribution in [0.1, 0.15) is 169 Å². The zero-order chi connectivity index (χ0) is 40.4. The molecule has 1 amide bonds. The first-order valence-corrected chi connectivity index (χ1v) is 24.7. The van der Waals surface area contributed by atoms with Crippen molar-refractivity contribution in [3.8, 4) is 0 Å². The molecule has 6 N–H and O–H groups in total. The molecule has 4 aliphatic carbocycles. The lowest BCUT2D eigenvalue weighted by molar-refractivity contribution is -0.227. The molecule has 0 unspecified atom stereocenters. The molecule has 4 fully saturated rings. The normalized spacial score (nSPS) is 33.1. The minimum absolute atomic E-state index is 0.0946. The summed E-state index contributed by atoms with van der Waals surface area (Å²) in [5.41, 5.74) is 18.2. The highest BCUT2D eigenvalue weighted by Crippen LogP contribution is 2.69. The van der Waals surface area contributed by atoms with Crippen LogP contribution in [-0.2, 0) is 19.0 Å². The van der Waals surface area contributed by atoms with Gasteiger partial charge in [-0.3, -0.25) is 4.79 Å². The predicted molar refractivity (Wildman–Crippen MR) is 237 cm³/mol. The standard InChI is InChI=1S/C47H90N4O4S/c1-5-6-7-8-9-12-27-51(44(52)19-11-10-13-32-56)28-14-18-36(2)39-20-21-40-45-41(35-43(47(39,40)4)55-31-17-26-50)46(3)23-22-38(53-29-15-24-48)33-37(46)34-42(45)54-30-16-25-49/h36-43,45,56H,5-35,48-50H2,1-4H3/t36-,37+,38-,39-,40+,41+,42-,43+,45+,46+,47-/m1/s1. The van der Waals surface area contributed by atoms with Gasteiger partial charge in [0.25, 0.3) is 0 Å². The number of nitrogens with zero attached hydrogens (tertiary/aromatic N) is 1. The molecule has 0 bridgehead atoms. The van der Waals surface area contributed by atoms with Gasteiger partial charge in [0, 0.05) is 44.7 Å². The van der Waals surface area contributed by atoms with Gasteiger partial charge >= 0.3 is 0 Å². The van der Waals surface area contributed by atoms with Gasteiger partial charge in [0.2, 0.25) is 5.91 Å². The molecule has 328 valence electrons. The summed E-state index contributed by atoms with van der Waals surface area (Å²) in [4.78, 5) is 15.8. The molecule has 8 nitrogen and oxygen atoms in total. The maximum Gasteiger partial charge on any atom is 0.222 e. The molecular formula is C47H90N4O4S. The van der Waals surface area contributed by atoms with E-state index in [0.29, 0.717) is 73.6 Å². The van der Waals surface area contributed by atoms with E-state index in [1.807, 2.05) is 0 Å². The van der Waals surface area contributed by atoms with E-state index in [0.717, 1.165) is 122 Å². The van der Waals surface area contributed by atoms with Gasteiger partial charge in [-0.1, -0.05) is 66.2 Å². The maximum absolute atomic E-state index is 13.5. The summed E-state index contributed by atoms with van der Waals surface area (Å²) in [5.74, 6) is 4.76. The number of nitrogens with two attached hydrogens (primary N) is 3. The number of fused-ring (bicyclic) bond motifs is 5. The molecule has 0 aromatic heterocycles. The fourth-order valence-electron chi connectivity index (χ4n) is 12.6. The van der Waals surface area contributed by atoms with E-state index in [1.165, 1.54) is 51.4 Å². The molecule has 0 aliphatic heterocycles. The van der Waals surface area contributed by atoms with Gasteiger partial charge in [0.15, 0.2) is 0 Å². The number of amides is 1. The highest BCUT2D eigenvalue weighted by molar-refractivity contribution is 7.80. The lowest BCUT2D eigenvalue weighted by Crippen LogP contribution is -2.63. The van der Waals surface area contributed by atoms with Crippen molar-refractivity contribution in [1.29, 1.82) is 0 Å². The van der Waals surface area contributed by atoms with Gasteiger partial charge in [-0.15, -0.1) is 0 Å². The average Bonchev–Trinajstić information content (AvgIpc) is 3.55. The number of hydrogen-bond acceptors (Lipinski definition) is 8. The summed E-state index contributed by atoms with van der Waals surface area (Å²) >= 11 is 4.39. The third kappa shape index (κ3) is 12.8. The topological polar surface area (TPSA) is 126 Å². The Morgan fingerprint density at radius 2 is 1.41 bits per heavy atom. The van der Waals surface area contributed by atoms with Crippen molar-refractivity contribution in [3.05, 3.63) is 0 Å². The summed E-state index contributed by atoms with van der Waals surface area (Å²) < 4.78 is 20.5. The molecule has 0 saturated heterocycles. The zero-order valence-corrected chi connectivity index (χ0v) is 37.8. The SMILES string of the molecule is CCCCCCCCN(CCC[C@@H](C)[C@H]1CC[C@H]2[C@@H]3[C@H](OCCCN)C[C@@H]4C[C@H](OCCCN)CC[C@]4(C)[C@H]3C[C@H](OCCCN)[C@]12C)C(=O)CCCCCS. The van der Waals surface area contributed by atoms with Crippen LogP contribution in [0.4, 0.5) is 0 Å². The third-order valence-corrected chi connectivity index (χ3v) is 16.1. The number of hydrogen-bond donors (Lipinski definition) is 4. The number of unbranched alkanes of at least 4 members (excludes halogenated alkanes) is 7. The molecule has 4 rings (SSSR count). The number of thiol groups is 1. The first-order chi connectivity index (χ1) is 27.2. The van der Waals surface area contributed by atoms with E-state index in [-0.39, 0.29) is 23.0 Å². The van der Waals surface area contributed by atoms with E-state index >= 15 is 0 Å². The molecule has 0 aromatic carbocycles. The molecule has 0 radical (unpaired) electrons. The molecular weight excluding hydrogens is 717 g/mol. The van der Waals surface area contributed by atoms with Crippen molar-refractivity contribution in [3.63, 3.8) is 0 Å². The second-order valence-corrected chi connectivity index (χ2v) is 19.7. The van der Waals surface area contributed by atoms with Crippen molar-refractivity contribution >= 4 is 18.5 Å². The average molecular weight is 807 g/mol. The van der Waals surface area contributed by atoms with Crippen LogP contribution in [-0.4, -0.2) is 87.4 Å². The monoisotopic (exact) mass is 807 g/mol. The van der Waals surface area contributed by atoms with Gasteiger partial charge in [0.1, 0.15) is 0 Å². The quantitative estimate of drug-likeness (QED) is 0.0439. The van der Waals surface area contributed by atoms with Gasteiger partial charge in [-0.25, -0.2) is 0 Å². The van der Waals surface area contributed by atoms with Crippen molar-refractivity contribution in [2.45, 2.75) is 187 Å². The minimum Gasteiger partial charge on any atom is -0.378 e. The number of carbonyl (C=O) groups is 1. The van der Waals surface area contributed by atoms with Crippen LogP contribution in [0.5, 0.6) is 0 Å².